The molecule has 1 aliphatic rings. The standard InChI is InChI=1S/C19H31N5O9.Gd/c1-20(11-16(26)27)15(25)10-21-2-4-22(12-17(28)29)6-8-24(14-19(32)33)9-7-23(5-3-21)13-18(30)31;/h6,8H,2-5,7,9-14H2,1H3,(H,26,27)(H,28,29)(H,30,31)(H,32,33);/b8-6-;. The van der Waals surface area contributed by atoms with E-state index < -0.39 is 36.3 Å². The molecule has 1 aliphatic heterocycles. The third kappa shape index (κ3) is 14.3. The fourth-order valence-electron chi connectivity index (χ4n) is 3.11. The predicted octanol–water partition coefficient (Wildman–Crippen LogP) is -2.52. The molecule has 0 aromatic rings. The monoisotopic (exact) mass is 631 g/mol. The number of carboxylic acids is 4. The van der Waals surface area contributed by atoms with Gasteiger partial charge >= 0.3 is 23.9 Å². The van der Waals surface area contributed by atoms with Crippen LogP contribution in [-0.4, -0.2) is 154 Å². The van der Waals surface area contributed by atoms with Crippen LogP contribution in [-0.2, 0) is 24.0 Å². The summed E-state index contributed by atoms with van der Waals surface area (Å²) in [5, 5.41) is 36.4. The van der Waals surface area contributed by atoms with Crippen LogP contribution in [0, 0.1) is 39.9 Å². The summed E-state index contributed by atoms with van der Waals surface area (Å²) in [6.45, 7) is -0.182. The molecule has 14 nitrogen and oxygen atoms in total. The molecule has 0 fully saturated rings. The molecule has 15 heteroatoms. The Bertz CT molecular complexity index is 752. The molecular formula is C19H31GdN5O9. The van der Waals surface area contributed by atoms with Gasteiger partial charge in [-0.2, -0.15) is 0 Å². The molecule has 0 radical (unpaired) electrons. The van der Waals surface area contributed by atoms with Crippen LogP contribution in [0.2, 0.25) is 0 Å². The zero-order chi connectivity index (χ0) is 25.0. The summed E-state index contributed by atoms with van der Waals surface area (Å²) in [6.07, 6.45) is 2.91. The van der Waals surface area contributed by atoms with E-state index in [4.69, 9.17) is 10.2 Å². The first-order valence-corrected chi connectivity index (χ1v) is 10.2. The van der Waals surface area contributed by atoms with Crippen LogP contribution in [0.4, 0.5) is 0 Å². The van der Waals surface area contributed by atoms with Crippen molar-refractivity contribution in [2.45, 2.75) is 0 Å². The van der Waals surface area contributed by atoms with E-state index >= 15 is 0 Å². The summed E-state index contributed by atoms with van der Waals surface area (Å²) in [7, 11) is 1.36. The fourth-order valence-corrected chi connectivity index (χ4v) is 3.11. The summed E-state index contributed by atoms with van der Waals surface area (Å²) in [5.41, 5.74) is 0. The van der Waals surface area contributed by atoms with Crippen LogP contribution >= 0.6 is 0 Å². The maximum Gasteiger partial charge on any atom is 0.323 e. The molecule has 0 aromatic heterocycles. The van der Waals surface area contributed by atoms with E-state index in [9.17, 15) is 34.2 Å². The Morgan fingerprint density at radius 3 is 1.41 bits per heavy atom. The number of rotatable bonds is 10. The van der Waals surface area contributed by atoms with Crippen molar-refractivity contribution < 1.29 is 84.3 Å². The van der Waals surface area contributed by atoms with Crippen LogP contribution < -0.4 is 0 Å². The van der Waals surface area contributed by atoms with Crippen molar-refractivity contribution in [3.05, 3.63) is 12.4 Å². The van der Waals surface area contributed by atoms with Crippen LogP contribution in [0.5, 0.6) is 0 Å². The van der Waals surface area contributed by atoms with E-state index in [2.05, 4.69) is 0 Å². The second kappa shape index (κ2) is 16.5. The Hall–Kier alpha value is -2.07. The van der Waals surface area contributed by atoms with Crippen molar-refractivity contribution in [3.8, 4) is 0 Å². The van der Waals surface area contributed by atoms with Gasteiger partial charge < -0.3 is 35.1 Å². The molecule has 0 aliphatic carbocycles. The molecule has 34 heavy (non-hydrogen) atoms. The number of carbonyl (C=O) groups excluding carboxylic acids is 1. The first-order chi connectivity index (χ1) is 15.5. The van der Waals surface area contributed by atoms with Crippen LogP contribution in [0.25, 0.3) is 0 Å². The molecule has 0 atom stereocenters. The van der Waals surface area contributed by atoms with Gasteiger partial charge in [0.05, 0.1) is 13.1 Å². The number of carboxylic acid groups (broad SMARTS) is 4. The number of carbonyl (C=O) groups is 5. The van der Waals surface area contributed by atoms with E-state index in [1.807, 2.05) is 0 Å². The number of amides is 1. The predicted molar refractivity (Wildman–Crippen MR) is 113 cm³/mol. The van der Waals surface area contributed by atoms with Gasteiger partial charge in [-0.3, -0.25) is 33.8 Å². The van der Waals surface area contributed by atoms with Crippen LogP contribution in [0.1, 0.15) is 0 Å². The first-order valence-electron chi connectivity index (χ1n) is 10.2. The number of aliphatic carboxylic acids is 4. The number of hydrogen-bond acceptors (Lipinski definition) is 9. The third-order valence-electron chi connectivity index (χ3n) is 4.82. The molecule has 1 rings (SSSR count). The molecule has 0 aromatic carbocycles. The summed E-state index contributed by atoms with van der Waals surface area (Å²) in [5.74, 6) is -4.83. The molecule has 0 unspecified atom stereocenters. The second-order valence-electron chi connectivity index (χ2n) is 7.62. The van der Waals surface area contributed by atoms with Crippen LogP contribution in [0.3, 0.4) is 0 Å². The van der Waals surface area contributed by atoms with Gasteiger partial charge in [0.25, 0.3) is 0 Å². The summed E-state index contributed by atoms with van der Waals surface area (Å²) >= 11 is 0. The number of hydrogen-bond donors (Lipinski definition) is 4. The van der Waals surface area contributed by atoms with Gasteiger partial charge in [0.2, 0.25) is 5.91 Å². The average molecular weight is 631 g/mol. The summed E-state index contributed by atoms with van der Waals surface area (Å²) in [6, 6.07) is 0. The number of nitrogens with zero attached hydrogens (tertiary/aromatic N) is 5. The van der Waals surface area contributed by atoms with E-state index in [0.29, 0.717) is 0 Å². The topological polar surface area (TPSA) is 182 Å². The molecular weight excluding hydrogens is 599 g/mol. The molecule has 1 amide bonds. The van der Waals surface area contributed by atoms with Gasteiger partial charge in [0.15, 0.2) is 0 Å². The minimum absolute atomic E-state index is 0. The van der Waals surface area contributed by atoms with Crippen molar-refractivity contribution in [2.24, 2.45) is 0 Å². The Morgan fingerprint density at radius 2 is 1.03 bits per heavy atom. The van der Waals surface area contributed by atoms with Crippen molar-refractivity contribution in [2.75, 3.05) is 79.0 Å². The van der Waals surface area contributed by atoms with E-state index in [1.165, 1.54) is 29.2 Å². The molecule has 4 N–H and O–H groups in total. The minimum Gasteiger partial charge on any atom is -0.480 e. The third-order valence-corrected chi connectivity index (χ3v) is 4.82. The van der Waals surface area contributed by atoms with Crippen molar-refractivity contribution in [1.29, 1.82) is 0 Å². The largest absolute Gasteiger partial charge is 0.480 e. The van der Waals surface area contributed by atoms with Gasteiger partial charge in [-0.05, 0) is 0 Å². The van der Waals surface area contributed by atoms with Gasteiger partial charge in [-0.25, -0.2) is 0 Å². The quantitative estimate of drug-likeness (QED) is 0.199. The zero-order valence-corrected chi connectivity index (χ0v) is 21.1. The first kappa shape index (κ1) is 31.9. The Kier molecular flexibility index (Phi) is 15.5. The van der Waals surface area contributed by atoms with Gasteiger partial charge in [-0.15, -0.1) is 0 Å². The van der Waals surface area contributed by atoms with Gasteiger partial charge in [0.1, 0.15) is 19.6 Å². The number of likely N-dealkylation sites (N-methyl/N-ethyl adjacent to an activating group) is 1. The smallest absolute Gasteiger partial charge is 0.323 e. The minimum atomic E-state index is -1.16. The normalized spacial score (nSPS) is 17.0. The second-order valence-corrected chi connectivity index (χ2v) is 7.62. The maximum absolute atomic E-state index is 12.4. The van der Waals surface area contributed by atoms with E-state index in [-0.39, 0.29) is 105 Å². The van der Waals surface area contributed by atoms with Crippen LogP contribution in [0.15, 0.2) is 12.4 Å². The maximum atomic E-state index is 12.4. The Morgan fingerprint density at radius 1 is 0.647 bits per heavy atom. The molecule has 0 saturated heterocycles. The van der Waals surface area contributed by atoms with Crippen molar-refractivity contribution >= 4 is 29.8 Å². The van der Waals surface area contributed by atoms with Crippen molar-refractivity contribution in [3.63, 3.8) is 0 Å². The summed E-state index contributed by atoms with van der Waals surface area (Å²) < 4.78 is 0. The molecule has 194 valence electrons. The van der Waals surface area contributed by atoms with Gasteiger partial charge in [-0.1, -0.05) is 0 Å². The molecule has 0 spiro atoms. The molecule has 0 saturated carbocycles. The Balaban J connectivity index is 0.0000109. The Labute approximate surface area is 229 Å². The van der Waals surface area contributed by atoms with Crippen molar-refractivity contribution in [1.82, 2.24) is 24.5 Å². The van der Waals surface area contributed by atoms with E-state index in [1.54, 1.807) is 9.80 Å². The molecule has 1 heterocycles. The molecule has 0 bridgehead atoms. The zero-order valence-electron chi connectivity index (χ0n) is 18.9. The summed E-state index contributed by atoms with van der Waals surface area (Å²) in [4.78, 5) is 64.2. The fraction of sp³-hybridized carbons (Fsp3) is 0.632. The SMILES string of the molecule is CN(CC(=O)O)C(=O)CN1CCN(CC(=O)O)/C=C\N(CC(=O)O)CCN(CC(=O)O)CC1.[Gd]. The van der Waals surface area contributed by atoms with Gasteiger partial charge in [0, 0.05) is 98.7 Å². The average Bonchev–Trinajstić information content (AvgIpc) is 2.68. The van der Waals surface area contributed by atoms with E-state index in [0.717, 1.165) is 4.90 Å².